The largest absolute Gasteiger partial charge is 0.394 e. The third kappa shape index (κ3) is 3.30. The van der Waals surface area contributed by atoms with E-state index in [0.717, 1.165) is 6.42 Å². The van der Waals surface area contributed by atoms with Crippen LogP contribution in [0.15, 0.2) is 30.3 Å². The van der Waals surface area contributed by atoms with Gasteiger partial charge in [-0.1, -0.05) is 30.3 Å². The van der Waals surface area contributed by atoms with E-state index in [1.807, 2.05) is 30.3 Å². The normalized spacial score (nSPS) is 24.1. The first-order chi connectivity index (χ1) is 7.40. The Morgan fingerprint density at radius 2 is 2.00 bits per heavy atom. The van der Waals surface area contributed by atoms with Crippen LogP contribution < -0.4 is 0 Å². The second-order valence-electron chi connectivity index (χ2n) is 3.72. The Balaban J connectivity index is 1.56. The summed E-state index contributed by atoms with van der Waals surface area (Å²) >= 11 is 0. The summed E-state index contributed by atoms with van der Waals surface area (Å²) in [5.41, 5.74) is 1.19. The van der Waals surface area contributed by atoms with Crippen molar-refractivity contribution < 1.29 is 14.6 Å². The fourth-order valence-electron chi connectivity index (χ4n) is 1.56. The van der Waals surface area contributed by atoms with Crippen molar-refractivity contribution in [1.82, 2.24) is 0 Å². The van der Waals surface area contributed by atoms with E-state index < -0.39 is 0 Å². The van der Waals surface area contributed by atoms with E-state index in [0.29, 0.717) is 13.2 Å². The van der Waals surface area contributed by atoms with Crippen molar-refractivity contribution in [3.05, 3.63) is 35.9 Å². The predicted octanol–water partition coefficient (Wildman–Crippen LogP) is 1.35. The Morgan fingerprint density at radius 1 is 1.20 bits per heavy atom. The van der Waals surface area contributed by atoms with Crippen LogP contribution in [0.4, 0.5) is 0 Å². The molecule has 0 aliphatic carbocycles. The van der Waals surface area contributed by atoms with Gasteiger partial charge in [0, 0.05) is 6.61 Å². The molecule has 0 bridgehead atoms. The molecule has 1 heterocycles. The molecular weight excluding hydrogens is 192 g/mol. The lowest BCUT2D eigenvalue weighted by molar-refractivity contribution is 0.113. The highest BCUT2D eigenvalue weighted by Crippen LogP contribution is 2.24. The second kappa shape index (κ2) is 5.26. The molecule has 2 rings (SSSR count). The minimum absolute atomic E-state index is 0.0605. The van der Waals surface area contributed by atoms with Crippen molar-refractivity contribution in [2.24, 2.45) is 0 Å². The quantitative estimate of drug-likeness (QED) is 0.567. The number of ether oxygens (including phenoxy) is 2. The molecule has 0 amide bonds. The standard InChI is InChI=1S/C12H16O3/c13-8-12-11(15-12)6-7-14-9-10-4-2-1-3-5-10/h1-5,11-13H,6-9H2/t11-,12-/m1/s1. The summed E-state index contributed by atoms with van der Waals surface area (Å²) in [6, 6.07) is 10.1. The molecule has 3 heteroatoms. The molecule has 2 atom stereocenters. The highest BCUT2D eigenvalue weighted by Gasteiger charge is 2.37. The molecule has 1 N–H and O–H groups in total. The molecule has 1 aromatic rings. The zero-order valence-electron chi connectivity index (χ0n) is 8.63. The summed E-state index contributed by atoms with van der Waals surface area (Å²) in [5.74, 6) is 0. The number of benzene rings is 1. The van der Waals surface area contributed by atoms with Crippen LogP contribution in [-0.4, -0.2) is 30.5 Å². The molecule has 3 nitrogen and oxygen atoms in total. The number of hydrogen-bond donors (Lipinski definition) is 1. The molecule has 1 aliphatic heterocycles. The zero-order chi connectivity index (χ0) is 10.5. The molecule has 0 saturated carbocycles. The van der Waals surface area contributed by atoms with Gasteiger partial charge < -0.3 is 14.6 Å². The number of aliphatic hydroxyl groups excluding tert-OH is 1. The molecule has 15 heavy (non-hydrogen) atoms. The van der Waals surface area contributed by atoms with Crippen LogP contribution in [0.3, 0.4) is 0 Å². The Kier molecular flexibility index (Phi) is 3.72. The van der Waals surface area contributed by atoms with E-state index in [-0.39, 0.29) is 18.8 Å². The van der Waals surface area contributed by atoms with Crippen molar-refractivity contribution in [2.75, 3.05) is 13.2 Å². The minimum atomic E-state index is 0.0605. The predicted molar refractivity (Wildman–Crippen MR) is 56.5 cm³/mol. The van der Waals surface area contributed by atoms with Crippen LogP contribution in [0.25, 0.3) is 0 Å². The lowest BCUT2D eigenvalue weighted by atomic mass is 10.2. The Labute approximate surface area is 89.6 Å². The molecule has 1 saturated heterocycles. The maximum Gasteiger partial charge on any atom is 0.107 e. The molecule has 1 fully saturated rings. The lowest BCUT2D eigenvalue weighted by Gasteiger charge is -2.02. The monoisotopic (exact) mass is 208 g/mol. The number of rotatable bonds is 6. The van der Waals surface area contributed by atoms with Crippen molar-refractivity contribution >= 4 is 0 Å². The fraction of sp³-hybridized carbons (Fsp3) is 0.500. The summed E-state index contributed by atoms with van der Waals surface area (Å²) in [4.78, 5) is 0. The van der Waals surface area contributed by atoms with E-state index in [2.05, 4.69) is 0 Å². The number of epoxide rings is 1. The van der Waals surface area contributed by atoms with Crippen LogP contribution >= 0.6 is 0 Å². The van der Waals surface area contributed by atoms with Crippen LogP contribution in [0.2, 0.25) is 0 Å². The van der Waals surface area contributed by atoms with Crippen LogP contribution in [-0.2, 0) is 16.1 Å². The maximum atomic E-state index is 8.75. The zero-order valence-corrected chi connectivity index (χ0v) is 8.63. The number of aliphatic hydroxyl groups is 1. The Morgan fingerprint density at radius 3 is 2.67 bits per heavy atom. The first-order valence-corrected chi connectivity index (χ1v) is 5.28. The molecule has 1 aliphatic rings. The van der Waals surface area contributed by atoms with E-state index in [9.17, 15) is 0 Å². The molecular formula is C12H16O3. The van der Waals surface area contributed by atoms with Gasteiger partial charge in [0.1, 0.15) is 6.10 Å². The molecule has 82 valence electrons. The average molecular weight is 208 g/mol. The van der Waals surface area contributed by atoms with Crippen molar-refractivity contribution in [1.29, 1.82) is 0 Å². The topological polar surface area (TPSA) is 42.0 Å². The lowest BCUT2D eigenvalue weighted by Crippen LogP contribution is -2.03. The average Bonchev–Trinajstić information content (AvgIpc) is 3.05. The van der Waals surface area contributed by atoms with Gasteiger partial charge in [0.15, 0.2) is 0 Å². The van der Waals surface area contributed by atoms with Crippen LogP contribution in [0.1, 0.15) is 12.0 Å². The van der Waals surface area contributed by atoms with Gasteiger partial charge in [0.2, 0.25) is 0 Å². The molecule has 0 radical (unpaired) electrons. The van der Waals surface area contributed by atoms with Gasteiger partial charge >= 0.3 is 0 Å². The van der Waals surface area contributed by atoms with E-state index in [4.69, 9.17) is 14.6 Å². The van der Waals surface area contributed by atoms with E-state index >= 15 is 0 Å². The third-order valence-corrected chi connectivity index (χ3v) is 2.53. The highest BCUT2D eigenvalue weighted by atomic mass is 16.6. The number of hydrogen-bond acceptors (Lipinski definition) is 3. The van der Waals surface area contributed by atoms with Crippen molar-refractivity contribution in [3.63, 3.8) is 0 Å². The van der Waals surface area contributed by atoms with Crippen LogP contribution in [0.5, 0.6) is 0 Å². The van der Waals surface area contributed by atoms with Crippen LogP contribution in [0, 0.1) is 0 Å². The smallest absolute Gasteiger partial charge is 0.107 e. The summed E-state index contributed by atoms with van der Waals surface area (Å²) in [6.45, 7) is 1.47. The fourth-order valence-corrected chi connectivity index (χ4v) is 1.56. The Hall–Kier alpha value is -0.900. The summed E-state index contributed by atoms with van der Waals surface area (Å²) in [6.07, 6.45) is 1.15. The minimum Gasteiger partial charge on any atom is -0.394 e. The first-order valence-electron chi connectivity index (χ1n) is 5.28. The highest BCUT2D eigenvalue weighted by molar-refractivity contribution is 5.13. The SMILES string of the molecule is OC[C@H]1O[C@@H]1CCOCc1ccccc1. The van der Waals surface area contributed by atoms with Gasteiger partial charge in [-0.3, -0.25) is 0 Å². The van der Waals surface area contributed by atoms with Crippen molar-refractivity contribution in [3.8, 4) is 0 Å². The van der Waals surface area contributed by atoms with Gasteiger partial charge in [0.05, 0.1) is 19.3 Å². The van der Waals surface area contributed by atoms with Gasteiger partial charge in [0.25, 0.3) is 0 Å². The summed E-state index contributed by atoms with van der Waals surface area (Å²) in [7, 11) is 0. The van der Waals surface area contributed by atoms with E-state index in [1.54, 1.807) is 0 Å². The molecule has 1 aromatic carbocycles. The molecule has 0 spiro atoms. The van der Waals surface area contributed by atoms with Crippen molar-refractivity contribution in [2.45, 2.75) is 25.2 Å². The van der Waals surface area contributed by atoms with Gasteiger partial charge in [-0.15, -0.1) is 0 Å². The van der Waals surface area contributed by atoms with Gasteiger partial charge in [-0.05, 0) is 12.0 Å². The summed E-state index contributed by atoms with van der Waals surface area (Å²) in [5, 5.41) is 8.75. The first kappa shape index (κ1) is 10.6. The Bertz CT molecular complexity index is 286. The van der Waals surface area contributed by atoms with Gasteiger partial charge in [-0.25, -0.2) is 0 Å². The summed E-state index contributed by atoms with van der Waals surface area (Å²) < 4.78 is 10.7. The van der Waals surface area contributed by atoms with Gasteiger partial charge in [-0.2, -0.15) is 0 Å². The maximum absolute atomic E-state index is 8.75. The third-order valence-electron chi connectivity index (χ3n) is 2.53. The van der Waals surface area contributed by atoms with E-state index in [1.165, 1.54) is 5.56 Å². The second-order valence-corrected chi connectivity index (χ2v) is 3.72. The molecule has 0 aromatic heterocycles. The molecule has 0 unspecified atom stereocenters.